The van der Waals surface area contributed by atoms with Gasteiger partial charge in [0.25, 0.3) is 5.16 Å². The summed E-state index contributed by atoms with van der Waals surface area (Å²) in [6.07, 6.45) is 1.26. The summed E-state index contributed by atoms with van der Waals surface area (Å²) in [5.41, 5.74) is 0. The third-order valence-electron chi connectivity index (χ3n) is 1.84. The molecule has 0 radical (unpaired) electrons. The quantitative estimate of drug-likeness (QED) is 0.451. The number of nitrogens with zero attached hydrogens (tertiary/aromatic N) is 4. The van der Waals surface area contributed by atoms with Crippen LogP contribution < -0.4 is 0 Å². The lowest BCUT2D eigenvalue weighted by atomic mass is 10.5. The maximum atomic E-state index is 12.1. The van der Waals surface area contributed by atoms with E-state index < -0.39 is 15.0 Å². The molecule has 0 bridgehead atoms. The van der Waals surface area contributed by atoms with Crippen molar-refractivity contribution in [3.8, 4) is 0 Å². The number of sulfone groups is 1. The van der Waals surface area contributed by atoms with Crippen LogP contribution in [0.1, 0.15) is 0 Å². The minimum Gasteiger partial charge on any atom is -0.426 e. The Hall–Kier alpha value is -0.860. The van der Waals surface area contributed by atoms with E-state index in [1.165, 1.54) is 12.1 Å². The molecule has 0 atom stereocenters. The van der Waals surface area contributed by atoms with Gasteiger partial charge in [-0.2, -0.15) is 0 Å². The third-order valence-corrected chi connectivity index (χ3v) is 3.83. The van der Waals surface area contributed by atoms with Crippen LogP contribution in [0.25, 0.3) is 5.32 Å². The fraction of sp³-hybridized carbons (Fsp3) is 0. The molecule has 0 spiro atoms. The Labute approximate surface area is 134 Å². The van der Waals surface area contributed by atoms with Gasteiger partial charge >= 0.3 is 0 Å². The minimum absolute atomic E-state index is 0.00325. The first-order valence-corrected chi connectivity index (χ1v) is 7.82. The molecule has 0 saturated heterocycles. The summed E-state index contributed by atoms with van der Waals surface area (Å²) >= 11 is 22.5. The second-order valence-corrected chi connectivity index (χ2v) is 6.57. The molecule has 1 aromatic heterocycles. The molecule has 0 unspecified atom stereocenters. The fourth-order valence-electron chi connectivity index (χ4n) is 1.15. The highest BCUT2D eigenvalue weighted by Gasteiger charge is 2.17. The molecular weight excluding hydrogens is 370 g/mol. The van der Waals surface area contributed by atoms with Crippen LogP contribution in [0, 0.1) is 0 Å². The van der Waals surface area contributed by atoms with Crippen LogP contribution in [-0.4, -0.2) is 23.6 Å². The summed E-state index contributed by atoms with van der Waals surface area (Å²) in [4.78, 5) is 10.9. The molecule has 1 aromatic rings. The number of allylic oxidation sites excluding steroid dienone is 1. The van der Waals surface area contributed by atoms with Gasteiger partial charge < -0.3 is 10.3 Å². The highest BCUT2D eigenvalue weighted by atomic mass is 35.5. The van der Waals surface area contributed by atoms with Crippen molar-refractivity contribution in [1.29, 1.82) is 0 Å². The largest absolute Gasteiger partial charge is 0.426 e. The number of hydrogen-bond acceptors (Lipinski definition) is 5. The summed E-state index contributed by atoms with van der Waals surface area (Å²) in [6, 6.07) is 1.20. The van der Waals surface area contributed by atoms with Crippen LogP contribution >= 0.6 is 46.4 Å². The predicted octanol–water partition coefficient (Wildman–Crippen LogP) is 3.46. The van der Waals surface area contributed by atoms with Crippen molar-refractivity contribution in [3.05, 3.63) is 44.2 Å². The first-order chi connectivity index (χ1) is 9.26. The van der Waals surface area contributed by atoms with Gasteiger partial charge in [0.2, 0.25) is 9.84 Å². The molecule has 6 nitrogen and oxygen atoms in total. The molecule has 0 aromatic carbocycles. The van der Waals surface area contributed by atoms with Gasteiger partial charge in [-0.3, -0.25) is 0 Å². The Morgan fingerprint density at radius 1 is 1.10 bits per heavy atom. The van der Waals surface area contributed by atoms with Crippen molar-refractivity contribution >= 4 is 61.4 Å². The van der Waals surface area contributed by atoms with Gasteiger partial charge in [0.15, 0.2) is 0 Å². The third kappa shape index (κ3) is 3.83. The maximum absolute atomic E-state index is 12.1. The average molecular weight is 373 g/mol. The molecule has 1 aliphatic rings. The van der Waals surface area contributed by atoms with Crippen LogP contribution in [0.15, 0.2) is 38.7 Å². The Kier molecular flexibility index (Phi) is 4.55. The summed E-state index contributed by atoms with van der Waals surface area (Å²) < 4.78 is 24.1. The molecule has 1 aliphatic heterocycles. The summed E-state index contributed by atoms with van der Waals surface area (Å²) in [5.74, 6) is -0.206. The normalized spacial score (nSPS) is 17.5. The monoisotopic (exact) mass is 371 g/mol. The molecule has 0 N–H and O–H groups in total. The van der Waals surface area contributed by atoms with Gasteiger partial charge in [-0.1, -0.05) is 46.4 Å². The van der Waals surface area contributed by atoms with Gasteiger partial charge in [-0.05, 0) is 11.9 Å². The molecular formula is C9H3Cl4N4O2S-. The predicted molar refractivity (Wildman–Crippen MR) is 77.9 cm³/mol. The van der Waals surface area contributed by atoms with E-state index >= 15 is 0 Å². The van der Waals surface area contributed by atoms with E-state index in [9.17, 15) is 8.42 Å². The number of aromatic nitrogens is 2. The van der Waals surface area contributed by atoms with E-state index in [2.05, 4.69) is 20.3 Å². The van der Waals surface area contributed by atoms with Crippen molar-refractivity contribution in [2.24, 2.45) is 4.99 Å². The molecule has 0 fully saturated rings. The van der Waals surface area contributed by atoms with E-state index in [1.807, 2.05) is 0 Å². The number of halogens is 4. The zero-order valence-electron chi connectivity index (χ0n) is 9.26. The average Bonchev–Trinajstić information content (AvgIpc) is 2.25. The zero-order chi connectivity index (χ0) is 14.9. The summed E-state index contributed by atoms with van der Waals surface area (Å²) in [6.45, 7) is 0. The molecule has 2 rings (SSSR count). The van der Waals surface area contributed by atoms with Crippen LogP contribution in [0.5, 0.6) is 0 Å². The number of hydrogen-bond donors (Lipinski definition) is 0. The molecule has 0 amide bonds. The zero-order valence-corrected chi connectivity index (χ0v) is 13.1. The number of rotatable bonds is 2. The smallest absolute Gasteiger partial charge is 0.254 e. The van der Waals surface area contributed by atoms with Crippen LogP contribution in [-0.2, 0) is 9.84 Å². The van der Waals surface area contributed by atoms with E-state index in [-0.39, 0.29) is 26.5 Å². The van der Waals surface area contributed by atoms with E-state index in [0.717, 1.165) is 0 Å². The molecule has 0 aliphatic carbocycles. The van der Waals surface area contributed by atoms with Crippen molar-refractivity contribution in [1.82, 2.24) is 9.97 Å². The molecule has 0 saturated carbocycles. The van der Waals surface area contributed by atoms with Crippen molar-refractivity contribution in [3.63, 3.8) is 0 Å². The fourth-order valence-corrected chi connectivity index (χ4v) is 3.05. The molecule has 20 heavy (non-hydrogen) atoms. The Bertz CT molecular complexity index is 737. The van der Waals surface area contributed by atoms with Crippen molar-refractivity contribution < 1.29 is 8.42 Å². The second-order valence-electron chi connectivity index (χ2n) is 3.33. The highest BCUT2D eigenvalue weighted by Crippen LogP contribution is 2.27. The topological polar surface area (TPSA) is 86.4 Å². The Balaban J connectivity index is 2.44. The van der Waals surface area contributed by atoms with E-state index in [0.29, 0.717) is 5.41 Å². The van der Waals surface area contributed by atoms with Crippen LogP contribution in [0.4, 0.5) is 0 Å². The van der Waals surface area contributed by atoms with Gasteiger partial charge in [0, 0.05) is 21.8 Å². The first-order valence-electron chi connectivity index (χ1n) is 4.76. The van der Waals surface area contributed by atoms with Gasteiger partial charge in [0.05, 0.1) is 0 Å². The van der Waals surface area contributed by atoms with E-state index in [4.69, 9.17) is 46.4 Å². The maximum Gasteiger partial charge on any atom is 0.254 e. The van der Waals surface area contributed by atoms with Gasteiger partial charge in [-0.25, -0.2) is 18.4 Å². The second kappa shape index (κ2) is 5.87. The summed E-state index contributed by atoms with van der Waals surface area (Å²) in [7, 11) is -4.05. The van der Waals surface area contributed by atoms with Gasteiger partial charge in [-0.15, -0.1) is 0 Å². The first kappa shape index (κ1) is 15.5. The van der Waals surface area contributed by atoms with Crippen molar-refractivity contribution in [2.45, 2.75) is 5.16 Å². The molecule has 11 heteroatoms. The molecule has 2 heterocycles. The Morgan fingerprint density at radius 3 is 2.25 bits per heavy atom. The summed E-state index contributed by atoms with van der Waals surface area (Å²) in [5, 5.41) is 3.62. The minimum atomic E-state index is -4.05. The van der Waals surface area contributed by atoms with E-state index in [1.54, 1.807) is 0 Å². The lowest BCUT2D eigenvalue weighted by Crippen LogP contribution is -2.05. The Morgan fingerprint density at radius 2 is 1.70 bits per heavy atom. The lowest BCUT2D eigenvalue weighted by molar-refractivity contribution is 0.595. The SMILES string of the molecule is O=S(=O)(/C=C1/N=C(Cl)C=C(Cl)[N-]1)c1nc(Cl)cc(Cl)n1. The number of aliphatic imine (C=N–C) groups is 1. The standard InChI is InChI=1S/C9H3Cl4N4O2S/c10-4-1-5(11)15-8(14-4)3-20(18,19)9-16-6(12)2-7(13)17-9/h1-3H/q-1. The molecule has 106 valence electrons. The van der Waals surface area contributed by atoms with Crippen molar-refractivity contribution in [2.75, 3.05) is 0 Å². The highest BCUT2D eigenvalue weighted by molar-refractivity contribution is 7.94. The van der Waals surface area contributed by atoms with Crippen LogP contribution in [0.2, 0.25) is 10.3 Å². The lowest BCUT2D eigenvalue weighted by Gasteiger charge is -2.21. The van der Waals surface area contributed by atoms with Gasteiger partial charge in [0.1, 0.15) is 10.3 Å². The van der Waals surface area contributed by atoms with Crippen LogP contribution in [0.3, 0.4) is 0 Å².